The largest absolute Gasteiger partial charge is 0.333 e. The Labute approximate surface area is 203 Å². The molecule has 0 bridgehead atoms. The van der Waals surface area contributed by atoms with Gasteiger partial charge in [0.2, 0.25) is 5.91 Å². The Bertz CT molecular complexity index is 1350. The summed E-state index contributed by atoms with van der Waals surface area (Å²) < 4.78 is 1.89. The molecule has 0 atom stereocenters. The minimum atomic E-state index is -0.224. The minimum Gasteiger partial charge on any atom is -0.333 e. The molecule has 8 heteroatoms. The highest BCUT2D eigenvalue weighted by atomic mass is 127. The van der Waals surface area contributed by atoms with Gasteiger partial charge in [0.05, 0.1) is 11.2 Å². The van der Waals surface area contributed by atoms with E-state index in [4.69, 9.17) is 4.98 Å². The van der Waals surface area contributed by atoms with Crippen LogP contribution in [0.15, 0.2) is 48.3 Å². The van der Waals surface area contributed by atoms with E-state index in [1.165, 1.54) is 11.6 Å². The van der Waals surface area contributed by atoms with Gasteiger partial charge in [0.1, 0.15) is 5.65 Å². The van der Waals surface area contributed by atoms with Gasteiger partial charge in [0, 0.05) is 67.9 Å². The smallest absolute Gasteiger partial charge is 0.247 e. The maximum Gasteiger partial charge on any atom is 0.247 e. The summed E-state index contributed by atoms with van der Waals surface area (Å²) in [6.45, 7) is 9.78. The summed E-state index contributed by atoms with van der Waals surface area (Å²) in [5.41, 5.74) is 9.28. The molecule has 0 saturated carbocycles. The van der Waals surface area contributed by atoms with Gasteiger partial charge in [0.25, 0.3) is 0 Å². The zero-order valence-corrected chi connectivity index (χ0v) is 21.4. The highest BCUT2D eigenvalue weighted by Crippen LogP contribution is 2.44. The topological polar surface area (TPSA) is 75.6 Å². The summed E-state index contributed by atoms with van der Waals surface area (Å²) in [7, 11) is 3.58. The Morgan fingerprint density at radius 2 is 2.09 bits per heavy atom. The summed E-state index contributed by atoms with van der Waals surface area (Å²) in [5.74, 6) is -0.224. The van der Waals surface area contributed by atoms with Gasteiger partial charge in [-0.25, -0.2) is 4.98 Å². The van der Waals surface area contributed by atoms with Crippen molar-refractivity contribution in [1.82, 2.24) is 19.7 Å². The molecule has 2 N–H and O–H groups in total. The Morgan fingerprint density at radius 1 is 1.31 bits per heavy atom. The third-order valence-corrected chi connectivity index (χ3v) is 7.60. The van der Waals surface area contributed by atoms with E-state index in [9.17, 15) is 4.79 Å². The van der Waals surface area contributed by atoms with Crippen molar-refractivity contribution in [2.75, 3.05) is 5.32 Å². The lowest BCUT2D eigenvalue weighted by Crippen LogP contribution is -2.08. The van der Waals surface area contributed by atoms with Crippen LogP contribution in [0.1, 0.15) is 23.7 Å². The molecule has 0 aliphatic heterocycles. The summed E-state index contributed by atoms with van der Waals surface area (Å²) in [5, 5.41) is 9.50. The second-order valence-corrected chi connectivity index (χ2v) is 9.51. The van der Waals surface area contributed by atoms with Crippen molar-refractivity contribution in [2.24, 2.45) is 7.05 Å². The van der Waals surface area contributed by atoms with Crippen LogP contribution >= 0.6 is 30.1 Å². The molecule has 3 heterocycles. The predicted octanol–water partition coefficient (Wildman–Crippen LogP) is 6.38. The third-order valence-electron chi connectivity index (χ3n) is 5.82. The Hall–Kier alpha value is -2.59. The number of hydrogen-bond donors (Lipinski definition) is 2. The van der Waals surface area contributed by atoms with Crippen LogP contribution in [-0.4, -0.2) is 25.7 Å². The molecule has 0 spiro atoms. The number of nitrogens with one attached hydrogen (secondary N) is 2. The first-order valence-corrected chi connectivity index (χ1v) is 13.6. The number of carbonyl (C=O) groups excluding carboxylic acids is 1. The van der Waals surface area contributed by atoms with E-state index in [2.05, 4.69) is 63.1 Å². The van der Waals surface area contributed by atoms with Crippen LogP contribution in [-0.2, 0) is 18.3 Å². The van der Waals surface area contributed by atoms with Crippen LogP contribution < -0.4 is 5.32 Å². The van der Waals surface area contributed by atoms with Crippen molar-refractivity contribution in [1.29, 1.82) is 0 Å². The first-order chi connectivity index (χ1) is 15.4. The van der Waals surface area contributed by atoms with Gasteiger partial charge in [-0.1, -0.05) is 25.6 Å². The standard InChI is InChI=1S/C24H24IN5OS/c1-6-16-18(17-12-27-30(5)14(17)4)11-26-23-22(16)21(24(29-23)32-25)15-9-8-13(3)19(10-15)28-20(31)7-2/h7-12H,2,6H2,1,3-5H3,(H,26,29)(H,28,31). The zero-order chi connectivity index (χ0) is 23.0. The molecule has 0 aliphatic rings. The van der Waals surface area contributed by atoms with Crippen LogP contribution in [0.2, 0.25) is 0 Å². The molecule has 6 nitrogen and oxygen atoms in total. The van der Waals surface area contributed by atoms with E-state index in [-0.39, 0.29) is 5.91 Å². The van der Waals surface area contributed by atoms with Gasteiger partial charge in [-0.15, -0.1) is 0 Å². The number of aromatic nitrogens is 4. The number of hydrogen-bond acceptors (Lipinski definition) is 4. The first-order valence-electron chi connectivity index (χ1n) is 10.2. The van der Waals surface area contributed by atoms with E-state index < -0.39 is 0 Å². The number of amides is 1. The molecule has 0 fully saturated rings. The molecule has 0 aliphatic carbocycles. The predicted molar refractivity (Wildman–Crippen MR) is 141 cm³/mol. The van der Waals surface area contributed by atoms with Crippen molar-refractivity contribution >= 4 is 52.8 Å². The van der Waals surface area contributed by atoms with E-state index >= 15 is 0 Å². The number of benzene rings is 1. The monoisotopic (exact) mass is 557 g/mol. The normalized spacial score (nSPS) is 11.2. The van der Waals surface area contributed by atoms with E-state index in [0.717, 1.165) is 61.7 Å². The fourth-order valence-electron chi connectivity index (χ4n) is 3.99. The highest BCUT2D eigenvalue weighted by molar-refractivity contribution is 14.2. The molecule has 3 aromatic heterocycles. The van der Waals surface area contributed by atoms with Gasteiger partial charge in [0.15, 0.2) is 0 Å². The fraction of sp³-hybridized carbons (Fsp3) is 0.208. The summed E-state index contributed by atoms with van der Waals surface area (Å²) in [4.78, 5) is 20.2. The van der Waals surface area contributed by atoms with E-state index in [1.54, 1.807) is 8.93 Å². The molecule has 164 valence electrons. The molecular formula is C24H24IN5OS. The molecular weight excluding hydrogens is 533 g/mol. The van der Waals surface area contributed by atoms with E-state index in [1.807, 2.05) is 43.2 Å². The second-order valence-electron chi connectivity index (χ2n) is 7.62. The third kappa shape index (κ3) is 3.86. The molecule has 4 rings (SSSR count). The Morgan fingerprint density at radius 3 is 2.72 bits per heavy atom. The van der Waals surface area contributed by atoms with Crippen molar-refractivity contribution in [3.63, 3.8) is 0 Å². The van der Waals surface area contributed by atoms with Crippen LogP contribution in [0.25, 0.3) is 33.3 Å². The maximum atomic E-state index is 11.9. The summed E-state index contributed by atoms with van der Waals surface area (Å²) in [6, 6.07) is 6.15. The van der Waals surface area contributed by atoms with Crippen molar-refractivity contribution in [3.05, 3.63) is 60.1 Å². The van der Waals surface area contributed by atoms with Gasteiger partial charge in [-0.2, -0.15) is 5.10 Å². The molecule has 0 radical (unpaired) electrons. The Balaban J connectivity index is 2.00. The van der Waals surface area contributed by atoms with Crippen molar-refractivity contribution in [3.8, 4) is 22.3 Å². The quantitative estimate of drug-likeness (QED) is 0.213. The first kappa shape index (κ1) is 22.6. The average Bonchev–Trinajstić information content (AvgIpc) is 3.34. The van der Waals surface area contributed by atoms with Crippen LogP contribution in [0.4, 0.5) is 5.69 Å². The van der Waals surface area contributed by atoms with Gasteiger partial charge < -0.3 is 10.3 Å². The van der Waals surface area contributed by atoms with Gasteiger partial charge in [-0.3, -0.25) is 9.48 Å². The molecule has 4 aromatic rings. The fourth-order valence-corrected chi connectivity index (χ4v) is 5.41. The lowest BCUT2D eigenvalue weighted by molar-refractivity contribution is -0.111. The molecule has 0 saturated heterocycles. The van der Waals surface area contributed by atoms with Gasteiger partial charge >= 0.3 is 0 Å². The zero-order valence-electron chi connectivity index (χ0n) is 18.4. The van der Waals surface area contributed by atoms with Crippen molar-refractivity contribution in [2.45, 2.75) is 32.2 Å². The van der Waals surface area contributed by atoms with Crippen LogP contribution in [0.5, 0.6) is 0 Å². The molecule has 0 unspecified atom stereocenters. The second kappa shape index (κ2) is 9.11. The average molecular weight is 557 g/mol. The number of aromatic amines is 1. The number of fused-ring (bicyclic) bond motifs is 1. The number of nitrogens with zero attached hydrogens (tertiary/aromatic N) is 3. The summed E-state index contributed by atoms with van der Waals surface area (Å²) in [6.07, 6.45) is 5.99. The number of halogens is 1. The van der Waals surface area contributed by atoms with Crippen molar-refractivity contribution < 1.29 is 4.79 Å². The van der Waals surface area contributed by atoms with Crippen LogP contribution in [0, 0.1) is 13.8 Å². The van der Waals surface area contributed by atoms with Crippen LogP contribution in [0.3, 0.4) is 0 Å². The highest BCUT2D eigenvalue weighted by Gasteiger charge is 2.22. The number of carbonyl (C=O) groups is 1. The van der Waals surface area contributed by atoms with Gasteiger partial charge in [-0.05, 0) is 58.0 Å². The number of H-pyrrole nitrogens is 1. The SMILES string of the molecule is C=CC(=O)Nc1cc(-c2c(SI)[nH]c3ncc(-c4cnn(C)c4C)c(CC)c23)ccc1C. The lowest BCUT2D eigenvalue weighted by Gasteiger charge is -2.13. The Kier molecular flexibility index (Phi) is 6.43. The maximum absolute atomic E-state index is 11.9. The van der Waals surface area contributed by atoms with E-state index in [0.29, 0.717) is 0 Å². The lowest BCUT2D eigenvalue weighted by atomic mass is 9.94. The number of pyridine rings is 1. The number of rotatable bonds is 6. The molecule has 32 heavy (non-hydrogen) atoms. The summed E-state index contributed by atoms with van der Waals surface area (Å²) >= 11 is 2.30. The minimum absolute atomic E-state index is 0.224. The molecule has 1 aromatic carbocycles. The molecule has 1 amide bonds. The number of anilines is 1. The number of aryl methyl sites for hydroxylation is 3.